The number of aromatic hydroxyl groups is 1. The second-order valence-electron chi connectivity index (χ2n) is 8.27. The lowest BCUT2D eigenvalue weighted by atomic mass is 9.99. The van der Waals surface area contributed by atoms with Crippen molar-refractivity contribution < 1.29 is 14.6 Å². The molecule has 0 spiro atoms. The predicted octanol–water partition coefficient (Wildman–Crippen LogP) is 3.34. The number of fused-ring (bicyclic) bond motifs is 3. The van der Waals surface area contributed by atoms with Crippen LogP contribution in [0.2, 0.25) is 0 Å². The quantitative estimate of drug-likeness (QED) is 0.621. The van der Waals surface area contributed by atoms with Crippen LogP contribution in [0, 0.1) is 12.8 Å². The molecule has 1 aromatic heterocycles. The summed E-state index contributed by atoms with van der Waals surface area (Å²) in [6.07, 6.45) is 0.150. The molecule has 166 valence electrons. The van der Waals surface area contributed by atoms with Crippen molar-refractivity contribution in [1.82, 2.24) is 20.1 Å². The Kier molecular flexibility index (Phi) is 5.94. The third kappa shape index (κ3) is 4.21. The number of rotatable bonds is 6. The zero-order chi connectivity index (χ0) is 22.8. The SMILES string of the molecule is COc1ccc2c(c1)C(c1ccc(O)cc1)=N[C@H](CC(=O)NCC(C)C)c1nnc(C)n1-2. The molecule has 0 unspecified atom stereocenters. The number of amides is 1. The van der Waals surface area contributed by atoms with Crippen LogP contribution in [0.1, 0.15) is 49.1 Å². The highest BCUT2D eigenvalue weighted by Crippen LogP contribution is 2.34. The summed E-state index contributed by atoms with van der Waals surface area (Å²) in [7, 11) is 1.62. The molecular formula is C24H27N5O3. The molecule has 1 aliphatic rings. The number of benzene rings is 2. The van der Waals surface area contributed by atoms with Gasteiger partial charge in [0, 0.05) is 17.7 Å². The van der Waals surface area contributed by atoms with Crippen LogP contribution in [0.4, 0.5) is 0 Å². The van der Waals surface area contributed by atoms with Gasteiger partial charge < -0.3 is 15.2 Å². The zero-order valence-electron chi connectivity index (χ0n) is 18.7. The molecule has 0 bridgehead atoms. The van der Waals surface area contributed by atoms with Crippen molar-refractivity contribution in [1.29, 1.82) is 0 Å². The Morgan fingerprint density at radius 3 is 2.62 bits per heavy atom. The second kappa shape index (κ2) is 8.82. The Hall–Kier alpha value is -3.68. The van der Waals surface area contributed by atoms with Gasteiger partial charge in [-0.15, -0.1) is 10.2 Å². The topological polar surface area (TPSA) is 102 Å². The first kappa shape index (κ1) is 21.5. The third-order valence-electron chi connectivity index (χ3n) is 5.36. The van der Waals surface area contributed by atoms with Gasteiger partial charge in [-0.3, -0.25) is 14.4 Å². The summed E-state index contributed by atoms with van der Waals surface area (Å²) in [5.74, 6) is 2.45. The summed E-state index contributed by atoms with van der Waals surface area (Å²) in [5.41, 5.74) is 3.22. The summed E-state index contributed by atoms with van der Waals surface area (Å²) in [6, 6.07) is 12.1. The number of nitrogens with one attached hydrogen (secondary N) is 1. The number of carbonyl (C=O) groups is 1. The molecule has 2 aromatic carbocycles. The van der Waals surface area contributed by atoms with Gasteiger partial charge >= 0.3 is 0 Å². The highest BCUT2D eigenvalue weighted by molar-refractivity contribution is 6.15. The van der Waals surface area contributed by atoms with Crippen molar-refractivity contribution in [3.63, 3.8) is 0 Å². The van der Waals surface area contributed by atoms with E-state index in [-0.39, 0.29) is 18.1 Å². The first-order chi connectivity index (χ1) is 15.4. The summed E-state index contributed by atoms with van der Waals surface area (Å²) in [5, 5.41) is 21.4. The largest absolute Gasteiger partial charge is 0.508 e. The molecule has 0 aliphatic carbocycles. The minimum Gasteiger partial charge on any atom is -0.508 e. The number of aryl methyl sites for hydroxylation is 1. The predicted molar refractivity (Wildman–Crippen MR) is 122 cm³/mol. The zero-order valence-corrected chi connectivity index (χ0v) is 18.7. The summed E-state index contributed by atoms with van der Waals surface area (Å²) in [4.78, 5) is 17.7. The molecule has 0 saturated heterocycles. The Morgan fingerprint density at radius 1 is 1.19 bits per heavy atom. The Labute approximate surface area is 187 Å². The van der Waals surface area contributed by atoms with Gasteiger partial charge in [0.1, 0.15) is 23.4 Å². The molecule has 0 fully saturated rings. The van der Waals surface area contributed by atoms with Crippen molar-refractivity contribution >= 4 is 11.6 Å². The first-order valence-electron chi connectivity index (χ1n) is 10.6. The van der Waals surface area contributed by atoms with E-state index < -0.39 is 6.04 Å². The lowest BCUT2D eigenvalue weighted by molar-refractivity contribution is -0.121. The molecule has 0 saturated carbocycles. The normalized spacial score (nSPS) is 14.9. The minimum atomic E-state index is -0.523. The number of ether oxygens (including phenoxy) is 1. The van der Waals surface area contributed by atoms with Gasteiger partial charge in [0.05, 0.1) is 24.9 Å². The molecule has 1 amide bonds. The van der Waals surface area contributed by atoms with Gasteiger partial charge in [-0.25, -0.2) is 0 Å². The van der Waals surface area contributed by atoms with E-state index in [4.69, 9.17) is 9.73 Å². The van der Waals surface area contributed by atoms with Crippen molar-refractivity contribution in [2.24, 2.45) is 10.9 Å². The van der Waals surface area contributed by atoms with Gasteiger partial charge in [0.2, 0.25) is 5.91 Å². The smallest absolute Gasteiger partial charge is 0.222 e. The van der Waals surface area contributed by atoms with Crippen molar-refractivity contribution in [3.05, 3.63) is 65.2 Å². The monoisotopic (exact) mass is 433 g/mol. The summed E-state index contributed by atoms with van der Waals surface area (Å²) < 4.78 is 7.42. The fourth-order valence-electron chi connectivity index (χ4n) is 3.75. The molecule has 2 heterocycles. The molecule has 1 aliphatic heterocycles. The number of methoxy groups -OCH3 is 1. The number of nitrogens with zero attached hydrogens (tertiary/aromatic N) is 4. The molecule has 1 atom stereocenters. The number of aromatic nitrogens is 3. The van der Waals surface area contributed by atoms with Crippen molar-refractivity contribution in [2.45, 2.75) is 33.2 Å². The molecular weight excluding hydrogens is 406 g/mol. The van der Waals surface area contributed by atoms with Crippen LogP contribution in [-0.4, -0.2) is 45.1 Å². The average Bonchev–Trinajstić information content (AvgIpc) is 3.10. The van der Waals surface area contributed by atoms with Crippen molar-refractivity contribution in [2.75, 3.05) is 13.7 Å². The van der Waals surface area contributed by atoms with Crippen LogP contribution >= 0.6 is 0 Å². The third-order valence-corrected chi connectivity index (χ3v) is 5.36. The summed E-state index contributed by atoms with van der Waals surface area (Å²) in [6.45, 7) is 6.59. The average molecular weight is 434 g/mol. The van der Waals surface area contributed by atoms with E-state index in [9.17, 15) is 9.90 Å². The maximum absolute atomic E-state index is 12.7. The number of hydrogen-bond donors (Lipinski definition) is 2. The Balaban J connectivity index is 1.87. The van der Waals surface area contributed by atoms with E-state index in [0.717, 1.165) is 16.8 Å². The maximum atomic E-state index is 12.7. The van der Waals surface area contributed by atoms with E-state index in [0.29, 0.717) is 35.6 Å². The van der Waals surface area contributed by atoms with Crippen LogP contribution in [-0.2, 0) is 4.79 Å². The highest BCUT2D eigenvalue weighted by atomic mass is 16.5. The number of hydrogen-bond acceptors (Lipinski definition) is 6. The van der Waals surface area contributed by atoms with Crippen LogP contribution in [0.15, 0.2) is 47.5 Å². The molecule has 0 radical (unpaired) electrons. The molecule has 4 rings (SSSR count). The minimum absolute atomic E-state index is 0.0896. The van der Waals surface area contributed by atoms with Crippen LogP contribution in [0.25, 0.3) is 5.69 Å². The fraction of sp³-hybridized carbons (Fsp3) is 0.333. The van der Waals surface area contributed by atoms with E-state index in [1.54, 1.807) is 19.2 Å². The lowest BCUT2D eigenvalue weighted by Gasteiger charge is -2.14. The molecule has 8 nitrogen and oxygen atoms in total. The van der Waals surface area contributed by atoms with Gasteiger partial charge in [-0.2, -0.15) is 0 Å². The standard InChI is InChI=1S/C24H27N5O3/c1-14(2)13-25-22(31)12-20-24-28-27-15(3)29(24)21-10-9-18(32-4)11-19(21)23(26-20)16-5-7-17(30)8-6-16/h5-11,14,20,30H,12-13H2,1-4H3,(H,25,31)/t20-/m1/s1. The molecule has 8 heteroatoms. The van der Waals surface area contributed by atoms with E-state index >= 15 is 0 Å². The summed E-state index contributed by atoms with van der Waals surface area (Å²) >= 11 is 0. The maximum Gasteiger partial charge on any atom is 0.222 e. The number of carbonyl (C=O) groups excluding carboxylic acids is 1. The molecule has 32 heavy (non-hydrogen) atoms. The Morgan fingerprint density at radius 2 is 1.94 bits per heavy atom. The fourth-order valence-corrected chi connectivity index (χ4v) is 3.75. The van der Waals surface area contributed by atoms with E-state index in [2.05, 4.69) is 29.4 Å². The van der Waals surface area contributed by atoms with Gasteiger partial charge in [-0.1, -0.05) is 13.8 Å². The highest BCUT2D eigenvalue weighted by Gasteiger charge is 2.30. The lowest BCUT2D eigenvalue weighted by Crippen LogP contribution is -2.28. The number of phenolic OH excluding ortho intramolecular Hbond substituents is 1. The second-order valence-corrected chi connectivity index (χ2v) is 8.27. The van der Waals surface area contributed by atoms with Gasteiger partial charge in [-0.05, 0) is 55.3 Å². The van der Waals surface area contributed by atoms with Crippen LogP contribution in [0.5, 0.6) is 11.5 Å². The van der Waals surface area contributed by atoms with E-state index in [1.807, 2.05) is 41.8 Å². The first-order valence-corrected chi connectivity index (χ1v) is 10.6. The molecule has 3 aromatic rings. The van der Waals surface area contributed by atoms with E-state index in [1.165, 1.54) is 0 Å². The van der Waals surface area contributed by atoms with Gasteiger partial charge in [0.15, 0.2) is 5.82 Å². The van der Waals surface area contributed by atoms with Crippen molar-refractivity contribution in [3.8, 4) is 17.2 Å². The van der Waals surface area contributed by atoms with Gasteiger partial charge in [0.25, 0.3) is 0 Å². The number of phenols is 1. The van der Waals surface area contributed by atoms with Crippen LogP contribution < -0.4 is 10.1 Å². The Bertz CT molecular complexity index is 1160. The van der Waals surface area contributed by atoms with Crippen LogP contribution in [0.3, 0.4) is 0 Å². The number of aliphatic imine (C=N–C) groups is 1. The molecule has 2 N–H and O–H groups in total.